The quantitative estimate of drug-likeness (QED) is 0.919. The monoisotopic (exact) mass is 323 g/mol. The van der Waals surface area contributed by atoms with Gasteiger partial charge in [-0.15, -0.1) is 0 Å². The van der Waals surface area contributed by atoms with Crippen LogP contribution in [0.2, 0.25) is 0 Å². The van der Waals surface area contributed by atoms with E-state index in [-0.39, 0.29) is 11.3 Å². The second kappa shape index (κ2) is 6.63. The van der Waals surface area contributed by atoms with Crippen LogP contribution in [0.15, 0.2) is 42.6 Å². The second-order valence-corrected chi connectivity index (χ2v) is 7.38. The van der Waals surface area contributed by atoms with Crippen LogP contribution < -0.4 is 10.2 Å². The molecule has 126 valence electrons. The molecule has 0 aliphatic carbocycles. The molecule has 0 atom stereocenters. The average molecular weight is 323 g/mol. The number of nitrogens with zero attached hydrogens (tertiary/aromatic N) is 2. The average Bonchev–Trinajstić information content (AvgIpc) is 3.09. The van der Waals surface area contributed by atoms with E-state index >= 15 is 0 Å². The number of carbonyl (C=O) groups excluding carboxylic acids is 1. The fraction of sp³-hybridized carbons (Fsp3) is 0.400. The molecule has 2 heterocycles. The molecule has 0 unspecified atom stereocenters. The van der Waals surface area contributed by atoms with Crippen molar-refractivity contribution in [3.63, 3.8) is 0 Å². The van der Waals surface area contributed by atoms with Gasteiger partial charge < -0.3 is 10.2 Å². The molecule has 1 amide bonds. The first-order valence-electron chi connectivity index (χ1n) is 8.56. The molecule has 24 heavy (non-hydrogen) atoms. The van der Waals surface area contributed by atoms with Crippen molar-refractivity contribution in [3.8, 4) is 0 Å². The molecule has 4 heteroatoms. The van der Waals surface area contributed by atoms with Gasteiger partial charge in [0.2, 0.25) is 0 Å². The van der Waals surface area contributed by atoms with Crippen molar-refractivity contribution < 1.29 is 4.79 Å². The predicted molar refractivity (Wildman–Crippen MR) is 98.8 cm³/mol. The highest BCUT2D eigenvalue weighted by atomic mass is 16.1. The zero-order valence-electron chi connectivity index (χ0n) is 14.7. The van der Waals surface area contributed by atoms with Gasteiger partial charge in [0.1, 0.15) is 5.82 Å². The third kappa shape index (κ3) is 3.75. The summed E-state index contributed by atoms with van der Waals surface area (Å²) < 4.78 is 0. The van der Waals surface area contributed by atoms with Crippen molar-refractivity contribution in [1.29, 1.82) is 0 Å². The van der Waals surface area contributed by atoms with Crippen LogP contribution >= 0.6 is 0 Å². The summed E-state index contributed by atoms with van der Waals surface area (Å²) in [7, 11) is 0. The van der Waals surface area contributed by atoms with Crippen molar-refractivity contribution in [2.24, 2.45) is 0 Å². The molecule has 2 aromatic rings. The number of pyridine rings is 1. The van der Waals surface area contributed by atoms with Gasteiger partial charge in [-0.2, -0.15) is 0 Å². The Morgan fingerprint density at radius 1 is 1.04 bits per heavy atom. The molecule has 1 N–H and O–H groups in total. The highest BCUT2D eigenvalue weighted by Crippen LogP contribution is 2.23. The third-order valence-corrected chi connectivity index (χ3v) is 4.45. The molecule has 4 nitrogen and oxygen atoms in total. The van der Waals surface area contributed by atoms with Crippen molar-refractivity contribution in [2.45, 2.75) is 39.0 Å². The number of benzene rings is 1. The van der Waals surface area contributed by atoms with Crippen molar-refractivity contribution >= 4 is 17.4 Å². The number of hydrogen-bond acceptors (Lipinski definition) is 3. The minimum atomic E-state index is -0.105. The normalized spacial score (nSPS) is 14.7. The van der Waals surface area contributed by atoms with Crippen LogP contribution in [0.3, 0.4) is 0 Å². The molecule has 1 aliphatic rings. The first-order chi connectivity index (χ1) is 11.4. The first kappa shape index (κ1) is 16.5. The Bertz CT molecular complexity index is 693. The van der Waals surface area contributed by atoms with Gasteiger partial charge in [0.05, 0.1) is 11.9 Å². The molecule has 0 radical (unpaired) electrons. The summed E-state index contributed by atoms with van der Waals surface area (Å²) in [6.45, 7) is 8.62. The molecule has 1 saturated heterocycles. The van der Waals surface area contributed by atoms with E-state index in [1.165, 1.54) is 18.4 Å². The van der Waals surface area contributed by atoms with E-state index in [1.807, 2.05) is 36.4 Å². The highest BCUT2D eigenvalue weighted by Gasteiger charge is 2.15. The van der Waals surface area contributed by atoms with Crippen LogP contribution in [0.25, 0.3) is 0 Å². The summed E-state index contributed by atoms with van der Waals surface area (Å²) in [6, 6.07) is 11.7. The van der Waals surface area contributed by atoms with Crippen LogP contribution in [-0.4, -0.2) is 24.0 Å². The molecule has 3 rings (SSSR count). The summed E-state index contributed by atoms with van der Waals surface area (Å²) in [5.41, 5.74) is 2.69. The molecular weight excluding hydrogens is 298 g/mol. The lowest BCUT2D eigenvalue weighted by Crippen LogP contribution is -2.19. The lowest BCUT2D eigenvalue weighted by molar-refractivity contribution is 0.102. The zero-order valence-corrected chi connectivity index (χ0v) is 14.7. The van der Waals surface area contributed by atoms with Gasteiger partial charge in [-0.05, 0) is 48.1 Å². The van der Waals surface area contributed by atoms with E-state index < -0.39 is 0 Å². The van der Waals surface area contributed by atoms with Crippen LogP contribution in [0.4, 0.5) is 11.5 Å². The number of aromatic nitrogens is 1. The summed E-state index contributed by atoms with van der Waals surface area (Å²) >= 11 is 0. The SMILES string of the molecule is CC(C)(C)c1ccc(C(=O)Nc2ccc(N3CCCC3)nc2)cc1. The van der Waals surface area contributed by atoms with Gasteiger partial charge in [-0.1, -0.05) is 32.9 Å². The van der Waals surface area contributed by atoms with Gasteiger partial charge in [0.25, 0.3) is 5.91 Å². The minimum absolute atomic E-state index is 0.0876. The predicted octanol–water partition coefficient (Wildman–Crippen LogP) is 4.23. The Balaban J connectivity index is 1.66. The van der Waals surface area contributed by atoms with Crippen molar-refractivity contribution in [2.75, 3.05) is 23.3 Å². The van der Waals surface area contributed by atoms with Gasteiger partial charge in [0, 0.05) is 18.7 Å². The molecule has 0 saturated carbocycles. The third-order valence-electron chi connectivity index (χ3n) is 4.45. The summed E-state index contributed by atoms with van der Waals surface area (Å²) in [5, 5.41) is 2.91. The van der Waals surface area contributed by atoms with Gasteiger partial charge >= 0.3 is 0 Å². The van der Waals surface area contributed by atoms with E-state index in [0.717, 1.165) is 24.6 Å². The Morgan fingerprint density at radius 3 is 2.25 bits per heavy atom. The fourth-order valence-corrected chi connectivity index (χ4v) is 2.92. The fourth-order valence-electron chi connectivity index (χ4n) is 2.92. The van der Waals surface area contributed by atoms with E-state index in [2.05, 4.69) is 36.0 Å². The Labute approximate surface area is 143 Å². The van der Waals surface area contributed by atoms with Gasteiger partial charge in [-0.3, -0.25) is 4.79 Å². The number of amides is 1. The number of rotatable bonds is 3. The van der Waals surface area contributed by atoms with Gasteiger partial charge in [-0.25, -0.2) is 4.98 Å². The second-order valence-electron chi connectivity index (χ2n) is 7.38. The lowest BCUT2D eigenvalue weighted by Gasteiger charge is -2.19. The molecule has 0 spiro atoms. The van der Waals surface area contributed by atoms with Crippen LogP contribution in [0.1, 0.15) is 49.5 Å². The van der Waals surface area contributed by atoms with Crippen molar-refractivity contribution in [3.05, 3.63) is 53.7 Å². The number of nitrogens with one attached hydrogen (secondary N) is 1. The maximum atomic E-state index is 12.4. The topological polar surface area (TPSA) is 45.2 Å². The molecule has 1 fully saturated rings. The molecule has 1 aliphatic heterocycles. The molecule has 1 aromatic carbocycles. The molecule has 0 bridgehead atoms. The summed E-state index contributed by atoms with van der Waals surface area (Å²) in [4.78, 5) is 19.1. The van der Waals surface area contributed by atoms with Gasteiger partial charge in [0.15, 0.2) is 0 Å². The maximum Gasteiger partial charge on any atom is 0.255 e. The molecule has 1 aromatic heterocycles. The Kier molecular flexibility index (Phi) is 4.56. The van der Waals surface area contributed by atoms with Crippen LogP contribution in [0, 0.1) is 0 Å². The largest absolute Gasteiger partial charge is 0.357 e. The van der Waals surface area contributed by atoms with E-state index in [0.29, 0.717) is 5.56 Å². The summed E-state index contributed by atoms with van der Waals surface area (Å²) in [6.07, 6.45) is 4.19. The number of hydrogen-bond donors (Lipinski definition) is 1. The highest BCUT2D eigenvalue weighted by molar-refractivity contribution is 6.04. The zero-order chi connectivity index (χ0) is 17.2. The number of anilines is 2. The standard InChI is InChI=1S/C20H25N3O/c1-20(2,3)16-8-6-15(7-9-16)19(24)22-17-10-11-18(21-14-17)23-12-4-5-13-23/h6-11,14H,4-5,12-13H2,1-3H3,(H,22,24). The maximum absolute atomic E-state index is 12.4. The molecular formula is C20H25N3O. The lowest BCUT2D eigenvalue weighted by atomic mass is 9.87. The van der Waals surface area contributed by atoms with Crippen LogP contribution in [0.5, 0.6) is 0 Å². The van der Waals surface area contributed by atoms with E-state index in [4.69, 9.17) is 0 Å². The van der Waals surface area contributed by atoms with E-state index in [9.17, 15) is 4.79 Å². The minimum Gasteiger partial charge on any atom is -0.357 e. The van der Waals surface area contributed by atoms with Crippen molar-refractivity contribution in [1.82, 2.24) is 4.98 Å². The Hall–Kier alpha value is -2.36. The smallest absolute Gasteiger partial charge is 0.255 e. The van der Waals surface area contributed by atoms with E-state index in [1.54, 1.807) is 6.20 Å². The van der Waals surface area contributed by atoms with Crippen LogP contribution in [-0.2, 0) is 5.41 Å². The first-order valence-corrected chi connectivity index (χ1v) is 8.56. The number of carbonyl (C=O) groups is 1. The Morgan fingerprint density at radius 2 is 1.71 bits per heavy atom. The summed E-state index contributed by atoms with van der Waals surface area (Å²) in [5.74, 6) is 0.881.